The standard InChI is InChI=1S/C21H20O2/c1-5-16(18-12-11-15(22-4)13-14(18)3)21-17(6-2)19-9-7-8-10-20(19)23-21/h5-13H,1H2,2-4H3/b17-6?,21-16+. The van der Waals surface area contributed by atoms with Gasteiger partial charge in [0.05, 0.1) is 7.11 Å². The number of furan rings is 1. The number of ether oxygens (including phenoxy) is 1. The van der Waals surface area contributed by atoms with E-state index in [0.717, 1.165) is 44.1 Å². The highest BCUT2D eigenvalue weighted by molar-refractivity contribution is 5.82. The average molecular weight is 304 g/mol. The highest BCUT2D eigenvalue weighted by Gasteiger charge is 2.10. The van der Waals surface area contributed by atoms with Gasteiger partial charge in [-0.2, -0.15) is 0 Å². The molecule has 116 valence electrons. The van der Waals surface area contributed by atoms with Crippen LogP contribution in [0.15, 0.2) is 59.5 Å². The Labute approximate surface area is 136 Å². The minimum absolute atomic E-state index is 0.849. The van der Waals surface area contributed by atoms with Crippen LogP contribution in [0.1, 0.15) is 18.1 Å². The number of allylic oxidation sites excluding steroid dienone is 1. The van der Waals surface area contributed by atoms with Gasteiger partial charge in [0, 0.05) is 16.2 Å². The van der Waals surface area contributed by atoms with Gasteiger partial charge in [-0.3, -0.25) is 0 Å². The number of hydrogen-bond acceptors (Lipinski definition) is 2. The van der Waals surface area contributed by atoms with Gasteiger partial charge < -0.3 is 9.15 Å². The Morgan fingerprint density at radius 3 is 2.61 bits per heavy atom. The molecule has 3 aromatic rings. The fourth-order valence-electron chi connectivity index (χ4n) is 2.94. The van der Waals surface area contributed by atoms with Gasteiger partial charge >= 0.3 is 0 Å². The van der Waals surface area contributed by atoms with E-state index in [4.69, 9.17) is 9.15 Å². The quantitative estimate of drug-likeness (QED) is 0.731. The van der Waals surface area contributed by atoms with Crippen LogP contribution in [0.5, 0.6) is 5.75 Å². The Hall–Kier alpha value is -2.74. The molecule has 0 saturated carbocycles. The largest absolute Gasteiger partial charge is 0.497 e. The zero-order chi connectivity index (χ0) is 16.4. The lowest BCUT2D eigenvalue weighted by molar-refractivity contribution is 0.414. The molecule has 2 heteroatoms. The first kappa shape index (κ1) is 15.2. The van der Waals surface area contributed by atoms with Gasteiger partial charge in [-0.05, 0) is 43.2 Å². The second kappa shape index (κ2) is 6.17. The summed E-state index contributed by atoms with van der Waals surface area (Å²) in [4.78, 5) is 0. The van der Waals surface area contributed by atoms with E-state index in [1.165, 1.54) is 0 Å². The van der Waals surface area contributed by atoms with Gasteiger partial charge in [0.2, 0.25) is 0 Å². The highest BCUT2D eigenvalue weighted by Crippen LogP contribution is 2.22. The van der Waals surface area contributed by atoms with Gasteiger partial charge in [0.1, 0.15) is 16.7 Å². The molecule has 0 N–H and O–H groups in total. The van der Waals surface area contributed by atoms with Crippen molar-refractivity contribution in [2.75, 3.05) is 7.11 Å². The second-order valence-corrected chi connectivity index (χ2v) is 5.43. The number of benzene rings is 2. The molecule has 0 saturated heterocycles. The summed E-state index contributed by atoms with van der Waals surface area (Å²) in [6.07, 6.45) is 3.95. The minimum Gasteiger partial charge on any atom is -0.497 e. The number of methoxy groups -OCH3 is 1. The first-order valence-electron chi connectivity index (χ1n) is 7.65. The lowest BCUT2D eigenvalue weighted by Gasteiger charge is -2.08. The van der Waals surface area contributed by atoms with E-state index in [1.54, 1.807) is 7.11 Å². The Kier molecular flexibility index (Phi) is 4.07. The van der Waals surface area contributed by atoms with Crippen molar-refractivity contribution < 1.29 is 9.15 Å². The van der Waals surface area contributed by atoms with E-state index in [2.05, 4.69) is 31.7 Å². The number of fused-ring (bicyclic) bond motifs is 1. The van der Waals surface area contributed by atoms with Gasteiger partial charge in [0.25, 0.3) is 0 Å². The van der Waals surface area contributed by atoms with E-state index in [9.17, 15) is 0 Å². The van der Waals surface area contributed by atoms with Crippen LogP contribution >= 0.6 is 0 Å². The molecular formula is C21H20O2. The summed E-state index contributed by atoms with van der Waals surface area (Å²) in [6.45, 7) is 8.10. The number of rotatable bonds is 3. The predicted octanol–water partition coefficient (Wildman–Crippen LogP) is 3.94. The third-order valence-electron chi connectivity index (χ3n) is 4.10. The SMILES string of the molecule is C=C/C(c1ccc(OC)cc1C)=c1\oc2ccccc2c1=CC. The second-order valence-electron chi connectivity index (χ2n) is 5.43. The van der Waals surface area contributed by atoms with E-state index in [0.29, 0.717) is 0 Å². The van der Waals surface area contributed by atoms with Crippen LogP contribution in [0.2, 0.25) is 0 Å². The Balaban J connectivity index is 2.41. The summed E-state index contributed by atoms with van der Waals surface area (Å²) in [5.74, 6) is 0.849. The van der Waals surface area contributed by atoms with Crippen molar-refractivity contribution in [2.45, 2.75) is 13.8 Å². The molecule has 3 rings (SSSR count). The summed E-state index contributed by atoms with van der Waals surface area (Å²) >= 11 is 0. The van der Waals surface area contributed by atoms with Crippen LogP contribution in [0, 0.1) is 6.92 Å². The van der Waals surface area contributed by atoms with Crippen molar-refractivity contribution in [2.24, 2.45) is 0 Å². The lowest BCUT2D eigenvalue weighted by atomic mass is 9.99. The number of para-hydroxylation sites is 1. The Morgan fingerprint density at radius 1 is 1.17 bits per heavy atom. The minimum atomic E-state index is 0.849. The van der Waals surface area contributed by atoms with Crippen molar-refractivity contribution >= 4 is 22.6 Å². The maximum atomic E-state index is 6.14. The van der Waals surface area contributed by atoms with Gasteiger partial charge in [-0.1, -0.05) is 43.0 Å². The summed E-state index contributed by atoms with van der Waals surface area (Å²) in [6, 6.07) is 14.1. The van der Waals surface area contributed by atoms with Crippen molar-refractivity contribution in [1.82, 2.24) is 0 Å². The topological polar surface area (TPSA) is 22.4 Å². The summed E-state index contributed by atoms with van der Waals surface area (Å²) < 4.78 is 11.4. The normalized spacial score (nSPS) is 13.3. The van der Waals surface area contributed by atoms with E-state index in [-0.39, 0.29) is 0 Å². The molecule has 0 unspecified atom stereocenters. The van der Waals surface area contributed by atoms with Crippen LogP contribution in [0.25, 0.3) is 22.6 Å². The van der Waals surface area contributed by atoms with Crippen molar-refractivity contribution in [3.63, 3.8) is 0 Å². The average Bonchev–Trinajstić information content (AvgIpc) is 2.95. The van der Waals surface area contributed by atoms with Crippen molar-refractivity contribution in [3.8, 4) is 5.75 Å². The molecule has 23 heavy (non-hydrogen) atoms. The number of aryl methyl sites for hydroxylation is 1. The molecule has 1 heterocycles. The third kappa shape index (κ3) is 2.57. The fourth-order valence-corrected chi connectivity index (χ4v) is 2.94. The third-order valence-corrected chi connectivity index (χ3v) is 4.10. The zero-order valence-corrected chi connectivity index (χ0v) is 13.7. The molecule has 0 bridgehead atoms. The van der Waals surface area contributed by atoms with E-state index < -0.39 is 0 Å². The van der Waals surface area contributed by atoms with Gasteiger partial charge in [-0.25, -0.2) is 0 Å². The van der Waals surface area contributed by atoms with Gasteiger partial charge in [0.15, 0.2) is 0 Å². The first-order valence-corrected chi connectivity index (χ1v) is 7.65. The van der Waals surface area contributed by atoms with Crippen molar-refractivity contribution in [1.29, 1.82) is 0 Å². The van der Waals surface area contributed by atoms with E-state index in [1.807, 2.05) is 43.3 Å². The molecule has 0 fully saturated rings. The summed E-state index contributed by atoms with van der Waals surface area (Å²) in [5.41, 5.74) is 4.97. The maximum Gasteiger partial charge on any atom is 0.142 e. The molecular weight excluding hydrogens is 284 g/mol. The predicted molar refractivity (Wildman–Crippen MR) is 96.0 cm³/mol. The molecule has 1 aromatic heterocycles. The molecule has 2 aromatic carbocycles. The monoisotopic (exact) mass is 304 g/mol. The summed E-state index contributed by atoms with van der Waals surface area (Å²) in [5, 5.41) is 2.22. The van der Waals surface area contributed by atoms with Crippen LogP contribution in [0.4, 0.5) is 0 Å². The zero-order valence-electron chi connectivity index (χ0n) is 13.7. The van der Waals surface area contributed by atoms with Crippen LogP contribution in [-0.4, -0.2) is 7.11 Å². The molecule has 0 amide bonds. The molecule has 0 aliphatic heterocycles. The smallest absolute Gasteiger partial charge is 0.142 e. The van der Waals surface area contributed by atoms with Gasteiger partial charge in [-0.15, -0.1) is 0 Å². The van der Waals surface area contributed by atoms with Crippen molar-refractivity contribution in [3.05, 3.63) is 76.9 Å². The highest BCUT2D eigenvalue weighted by atomic mass is 16.5. The maximum absolute atomic E-state index is 6.14. The molecule has 0 atom stereocenters. The fraction of sp³-hybridized carbons (Fsp3) is 0.143. The van der Waals surface area contributed by atoms with Crippen LogP contribution < -0.4 is 15.4 Å². The molecule has 0 aliphatic carbocycles. The molecule has 0 spiro atoms. The first-order chi connectivity index (χ1) is 11.2. The van der Waals surface area contributed by atoms with Crippen LogP contribution in [-0.2, 0) is 0 Å². The Bertz CT molecular complexity index is 990. The summed E-state index contributed by atoms with van der Waals surface area (Å²) in [7, 11) is 1.68. The lowest BCUT2D eigenvalue weighted by Crippen LogP contribution is -2.23. The number of hydrogen-bond donors (Lipinski definition) is 0. The Morgan fingerprint density at radius 2 is 1.96 bits per heavy atom. The molecule has 2 nitrogen and oxygen atoms in total. The molecule has 0 aliphatic rings. The van der Waals surface area contributed by atoms with E-state index >= 15 is 0 Å². The van der Waals surface area contributed by atoms with Crippen LogP contribution in [0.3, 0.4) is 0 Å². The molecule has 0 radical (unpaired) electrons.